The van der Waals surface area contributed by atoms with Gasteiger partial charge in [0.15, 0.2) is 0 Å². The Hall–Kier alpha value is -2.04. The van der Waals surface area contributed by atoms with Crippen LogP contribution < -0.4 is 5.73 Å². The summed E-state index contributed by atoms with van der Waals surface area (Å²) in [5.74, 6) is -3.29. The zero-order chi connectivity index (χ0) is 16.6. The molecule has 1 amide bonds. The molecule has 0 aliphatic rings. The molecule has 118 valence electrons. The summed E-state index contributed by atoms with van der Waals surface area (Å²) in [4.78, 5) is 22.1. The standard InChI is InChI=1S/C15H18NO5P/c16-13(17)9-8-12(14(18)19)15(20,22-21)10-4-7-11-5-2-1-3-6-11/h1-7,12,20H,8-10H2,(H2,16,17)(H,18,19)/p+1/b7-4+. The van der Waals surface area contributed by atoms with Gasteiger partial charge in [-0.1, -0.05) is 47.0 Å². The van der Waals surface area contributed by atoms with Crippen molar-refractivity contribution < 1.29 is 24.4 Å². The number of carboxylic acid groups (broad SMARTS) is 1. The van der Waals surface area contributed by atoms with Gasteiger partial charge in [-0.25, -0.2) is 0 Å². The van der Waals surface area contributed by atoms with E-state index in [2.05, 4.69) is 0 Å². The molecule has 1 rings (SSSR count). The number of benzene rings is 1. The van der Waals surface area contributed by atoms with Gasteiger partial charge in [-0.2, -0.15) is 0 Å². The van der Waals surface area contributed by atoms with Crippen molar-refractivity contribution in [3.8, 4) is 0 Å². The van der Waals surface area contributed by atoms with Gasteiger partial charge in [-0.3, -0.25) is 9.59 Å². The average molecular weight is 324 g/mol. The molecule has 22 heavy (non-hydrogen) atoms. The molecule has 0 radical (unpaired) electrons. The minimum Gasteiger partial charge on any atom is -0.481 e. The van der Waals surface area contributed by atoms with Crippen LogP contribution in [0.4, 0.5) is 0 Å². The Bertz CT molecular complexity index is 560. The third-order valence-corrected chi connectivity index (χ3v) is 4.18. The second-order valence-electron chi connectivity index (χ2n) is 4.94. The summed E-state index contributed by atoms with van der Waals surface area (Å²) >= 11 is 0. The van der Waals surface area contributed by atoms with Crippen molar-refractivity contribution in [1.82, 2.24) is 0 Å². The Morgan fingerprint density at radius 3 is 2.45 bits per heavy atom. The maximum Gasteiger partial charge on any atom is 0.360 e. The van der Waals surface area contributed by atoms with E-state index in [-0.39, 0.29) is 19.3 Å². The lowest BCUT2D eigenvalue weighted by molar-refractivity contribution is -0.147. The summed E-state index contributed by atoms with van der Waals surface area (Å²) in [5.41, 5.74) is 5.88. The molecule has 0 aromatic heterocycles. The maximum absolute atomic E-state index is 11.3. The van der Waals surface area contributed by atoms with Gasteiger partial charge in [-0.15, -0.1) is 0 Å². The normalized spacial score (nSPS) is 15.5. The number of carboxylic acids is 1. The first-order valence-electron chi connectivity index (χ1n) is 6.73. The highest BCUT2D eigenvalue weighted by Crippen LogP contribution is 2.36. The van der Waals surface area contributed by atoms with E-state index in [1.807, 2.05) is 30.3 Å². The van der Waals surface area contributed by atoms with Crippen LogP contribution in [-0.4, -0.2) is 27.4 Å². The second kappa shape index (κ2) is 8.41. The smallest absolute Gasteiger partial charge is 0.360 e. The van der Waals surface area contributed by atoms with Crippen LogP contribution >= 0.6 is 8.46 Å². The Morgan fingerprint density at radius 1 is 1.32 bits per heavy atom. The van der Waals surface area contributed by atoms with Gasteiger partial charge < -0.3 is 15.9 Å². The predicted octanol–water partition coefficient (Wildman–Crippen LogP) is 1.77. The minimum absolute atomic E-state index is 0.0977. The van der Waals surface area contributed by atoms with Crippen LogP contribution in [0.1, 0.15) is 24.8 Å². The molecule has 3 unspecified atom stereocenters. The van der Waals surface area contributed by atoms with E-state index in [0.29, 0.717) is 0 Å². The lowest BCUT2D eigenvalue weighted by atomic mass is 9.93. The summed E-state index contributed by atoms with van der Waals surface area (Å²) in [6.07, 6.45) is 2.83. The summed E-state index contributed by atoms with van der Waals surface area (Å²) in [5, 5.41) is 17.6. The number of aliphatic hydroxyl groups is 1. The molecule has 1 aromatic rings. The highest BCUT2D eigenvalue weighted by Gasteiger charge is 2.48. The SMILES string of the molecule is NC(=O)CCC(C(=O)O)C(O)(C/C=C/c1ccccc1)[PH+]=O. The fourth-order valence-electron chi connectivity index (χ4n) is 2.05. The number of hydrogen-bond donors (Lipinski definition) is 3. The molecule has 0 aliphatic carbocycles. The second-order valence-corrected chi connectivity index (χ2v) is 6.01. The zero-order valence-corrected chi connectivity index (χ0v) is 12.9. The number of primary amides is 1. The molecule has 4 N–H and O–H groups in total. The van der Waals surface area contributed by atoms with E-state index in [9.17, 15) is 24.4 Å². The number of rotatable bonds is 9. The predicted molar refractivity (Wildman–Crippen MR) is 83.6 cm³/mol. The third-order valence-electron chi connectivity index (χ3n) is 3.27. The lowest BCUT2D eigenvalue weighted by Gasteiger charge is -2.20. The Morgan fingerprint density at radius 2 is 1.95 bits per heavy atom. The first-order valence-corrected chi connectivity index (χ1v) is 7.64. The molecule has 1 aromatic carbocycles. The van der Waals surface area contributed by atoms with Gasteiger partial charge in [0.1, 0.15) is 5.92 Å². The Labute approximate surface area is 129 Å². The third kappa shape index (κ3) is 5.39. The topological polar surface area (TPSA) is 118 Å². The van der Waals surface area contributed by atoms with Crippen LogP contribution in [0.15, 0.2) is 36.4 Å². The average Bonchev–Trinajstić information content (AvgIpc) is 2.47. The molecular formula is C15H19NO5P+. The molecule has 6 nitrogen and oxygen atoms in total. The molecular weight excluding hydrogens is 305 g/mol. The zero-order valence-electron chi connectivity index (χ0n) is 11.9. The number of carbonyl (C=O) groups is 2. The van der Waals surface area contributed by atoms with Crippen molar-refractivity contribution >= 4 is 26.4 Å². The van der Waals surface area contributed by atoms with Crippen molar-refractivity contribution in [2.75, 3.05) is 0 Å². The monoisotopic (exact) mass is 324 g/mol. The van der Waals surface area contributed by atoms with Gasteiger partial charge in [0, 0.05) is 12.8 Å². The minimum atomic E-state index is -1.92. The van der Waals surface area contributed by atoms with Gasteiger partial charge in [0.05, 0.1) is 0 Å². The molecule has 3 atom stereocenters. The summed E-state index contributed by atoms with van der Waals surface area (Å²) in [7, 11) is -1.23. The number of carbonyl (C=O) groups excluding carboxylic acids is 1. The fourth-order valence-corrected chi connectivity index (χ4v) is 2.66. The van der Waals surface area contributed by atoms with Crippen molar-refractivity contribution in [3.05, 3.63) is 42.0 Å². The highest BCUT2D eigenvalue weighted by molar-refractivity contribution is 7.25. The van der Waals surface area contributed by atoms with Crippen LogP contribution in [0.3, 0.4) is 0 Å². The van der Waals surface area contributed by atoms with Gasteiger partial charge >= 0.3 is 14.4 Å². The van der Waals surface area contributed by atoms with Crippen molar-refractivity contribution in [3.63, 3.8) is 0 Å². The molecule has 0 aliphatic heterocycles. The summed E-state index contributed by atoms with van der Waals surface area (Å²) in [6, 6.07) is 9.23. The van der Waals surface area contributed by atoms with Crippen molar-refractivity contribution in [2.24, 2.45) is 11.7 Å². The lowest BCUT2D eigenvalue weighted by Crippen LogP contribution is -2.37. The molecule has 0 fully saturated rings. The van der Waals surface area contributed by atoms with E-state index in [4.69, 9.17) is 5.73 Å². The fraction of sp³-hybridized carbons (Fsp3) is 0.333. The van der Waals surface area contributed by atoms with Crippen LogP contribution in [0.5, 0.6) is 0 Å². The highest BCUT2D eigenvalue weighted by atomic mass is 31.1. The first kappa shape index (κ1) is 18.0. The quantitative estimate of drug-likeness (QED) is 0.598. The first-order chi connectivity index (χ1) is 10.4. The van der Waals surface area contributed by atoms with Gasteiger partial charge in [0.25, 0.3) is 5.34 Å². The van der Waals surface area contributed by atoms with Crippen molar-refractivity contribution in [2.45, 2.75) is 24.6 Å². The maximum atomic E-state index is 11.3. The molecule has 7 heteroatoms. The number of aliphatic carboxylic acids is 1. The van der Waals surface area contributed by atoms with E-state index in [0.717, 1.165) is 5.56 Å². The van der Waals surface area contributed by atoms with Crippen LogP contribution in [-0.2, 0) is 14.2 Å². The Balaban J connectivity index is 2.83. The van der Waals surface area contributed by atoms with E-state index in [1.54, 1.807) is 12.2 Å². The van der Waals surface area contributed by atoms with E-state index in [1.165, 1.54) is 0 Å². The van der Waals surface area contributed by atoms with Gasteiger partial charge in [0.2, 0.25) is 5.91 Å². The summed E-state index contributed by atoms with van der Waals surface area (Å²) < 4.78 is 11.3. The molecule has 0 heterocycles. The number of nitrogens with two attached hydrogens (primary N) is 1. The van der Waals surface area contributed by atoms with Crippen LogP contribution in [0, 0.1) is 5.92 Å². The van der Waals surface area contributed by atoms with Crippen molar-refractivity contribution in [1.29, 1.82) is 0 Å². The summed E-state index contributed by atoms with van der Waals surface area (Å²) in [6.45, 7) is 0. The molecule has 0 saturated carbocycles. The molecule has 0 bridgehead atoms. The molecule has 0 spiro atoms. The van der Waals surface area contributed by atoms with E-state index >= 15 is 0 Å². The molecule has 0 saturated heterocycles. The number of amides is 1. The van der Waals surface area contributed by atoms with E-state index < -0.39 is 31.6 Å². The Kier molecular flexibility index (Phi) is 6.89. The van der Waals surface area contributed by atoms with Gasteiger partial charge in [-0.05, 0) is 12.0 Å². The van der Waals surface area contributed by atoms with Crippen LogP contribution in [0.2, 0.25) is 0 Å². The largest absolute Gasteiger partial charge is 0.481 e. The van der Waals surface area contributed by atoms with Crippen LogP contribution in [0.25, 0.3) is 6.08 Å². The number of hydrogen-bond acceptors (Lipinski definition) is 4.